The predicted molar refractivity (Wildman–Crippen MR) is 93.4 cm³/mol. The van der Waals surface area contributed by atoms with E-state index in [9.17, 15) is 8.78 Å². The first kappa shape index (κ1) is 16.8. The summed E-state index contributed by atoms with van der Waals surface area (Å²) in [5.41, 5.74) is 2.56. The smallest absolute Gasteiger partial charge is 0.260 e. The van der Waals surface area contributed by atoms with Crippen LogP contribution in [0.5, 0.6) is 0 Å². The number of H-pyrrole nitrogens is 1. The zero-order valence-corrected chi connectivity index (χ0v) is 14.2. The minimum Gasteiger partial charge on any atom is -0.260 e. The highest BCUT2D eigenvalue weighted by Crippen LogP contribution is 2.35. The molecule has 2 heterocycles. The van der Waals surface area contributed by atoms with Crippen molar-refractivity contribution in [1.29, 1.82) is 0 Å². The molecule has 7 nitrogen and oxygen atoms in total. The third-order valence-corrected chi connectivity index (χ3v) is 4.32. The van der Waals surface area contributed by atoms with Gasteiger partial charge in [-0.1, -0.05) is 36.4 Å². The van der Waals surface area contributed by atoms with E-state index < -0.39 is 11.7 Å². The lowest BCUT2D eigenvalue weighted by molar-refractivity contribution is 0.0330. The Hall–Kier alpha value is -3.67. The molecule has 0 saturated heterocycles. The first-order valence-electron chi connectivity index (χ1n) is 8.05. The molecule has 0 fully saturated rings. The molecule has 0 unspecified atom stereocenters. The maximum atomic E-state index is 14.7. The quantitative estimate of drug-likeness (QED) is 0.561. The van der Waals surface area contributed by atoms with Crippen LogP contribution in [0.4, 0.5) is 14.5 Å². The van der Waals surface area contributed by atoms with Crippen LogP contribution in [-0.4, -0.2) is 30.4 Å². The average molecular weight is 365 g/mol. The second-order valence-electron chi connectivity index (χ2n) is 6.06. The van der Waals surface area contributed by atoms with Crippen LogP contribution in [0.2, 0.25) is 0 Å². The van der Waals surface area contributed by atoms with Crippen LogP contribution in [0.1, 0.15) is 22.6 Å². The number of tetrazole rings is 1. The Balaban J connectivity index is 1.76. The van der Waals surface area contributed by atoms with E-state index in [1.165, 1.54) is 12.1 Å². The van der Waals surface area contributed by atoms with Crippen molar-refractivity contribution in [3.8, 4) is 0 Å². The van der Waals surface area contributed by atoms with E-state index >= 15 is 0 Å². The summed E-state index contributed by atoms with van der Waals surface area (Å²) in [5.74, 6) is -4.05. The van der Waals surface area contributed by atoms with E-state index in [0.29, 0.717) is 17.7 Å². The summed E-state index contributed by atoms with van der Waals surface area (Å²) in [4.78, 5) is 3.36. The molecule has 27 heavy (non-hydrogen) atoms. The third kappa shape index (κ3) is 2.91. The van der Waals surface area contributed by atoms with Gasteiger partial charge in [-0.25, -0.2) is 4.85 Å². The zero-order valence-electron chi connectivity index (χ0n) is 14.2. The van der Waals surface area contributed by atoms with Gasteiger partial charge >= 0.3 is 5.92 Å². The number of rotatable bonds is 4. The molecule has 0 spiro atoms. The molecule has 0 aliphatic heterocycles. The van der Waals surface area contributed by atoms with E-state index in [-0.39, 0.29) is 5.56 Å². The van der Waals surface area contributed by atoms with E-state index in [4.69, 9.17) is 6.57 Å². The summed E-state index contributed by atoms with van der Waals surface area (Å²) < 4.78 is 31.0. The van der Waals surface area contributed by atoms with Crippen molar-refractivity contribution < 1.29 is 8.78 Å². The topological polar surface area (TPSA) is 76.6 Å². The maximum Gasteiger partial charge on any atom is 0.335 e. The van der Waals surface area contributed by atoms with Crippen molar-refractivity contribution in [1.82, 2.24) is 30.4 Å². The number of alkyl halides is 2. The van der Waals surface area contributed by atoms with E-state index in [1.807, 2.05) is 19.1 Å². The minimum absolute atomic E-state index is 0.235. The van der Waals surface area contributed by atoms with Crippen molar-refractivity contribution in [2.24, 2.45) is 0 Å². The fourth-order valence-corrected chi connectivity index (χ4v) is 2.93. The van der Waals surface area contributed by atoms with Crippen molar-refractivity contribution >= 4 is 16.6 Å². The molecule has 2 aromatic carbocycles. The van der Waals surface area contributed by atoms with Crippen LogP contribution in [0.25, 0.3) is 15.7 Å². The van der Waals surface area contributed by atoms with Crippen LogP contribution in [0.3, 0.4) is 0 Å². The minimum atomic E-state index is -3.37. The van der Waals surface area contributed by atoms with Crippen molar-refractivity contribution in [2.75, 3.05) is 0 Å². The number of hydrogen-bond donors (Lipinski definition) is 1. The number of aromatic amines is 1. The molecule has 1 N–H and O–H groups in total. The Morgan fingerprint density at radius 3 is 2.63 bits per heavy atom. The molecule has 2 aromatic heterocycles. The summed E-state index contributed by atoms with van der Waals surface area (Å²) in [6, 6.07) is 11.5. The monoisotopic (exact) mass is 365 g/mol. The molecule has 0 bridgehead atoms. The number of aromatic nitrogens is 6. The van der Waals surface area contributed by atoms with Gasteiger partial charge in [-0.3, -0.25) is 4.68 Å². The lowest BCUT2D eigenvalue weighted by atomic mass is 10.1. The summed E-state index contributed by atoms with van der Waals surface area (Å²) in [6.07, 6.45) is 0. The molecular weight excluding hydrogens is 352 g/mol. The highest BCUT2D eigenvalue weighted by atomic mass is 19.3. The number of hydrogen-bond acceptors (Lipinski definition) is 4. The summed E-state index contributed by atoms with van der Waals surface area (Å²) in [7, 11) is 0. The van der Waals surface area contributed by atoms with Crippen LogP contribution < -0.4 is 0 Å². The molecular formula is C18H13F2N7. The number of halogens is 2. The van der Waals surface area contributed by atoms with E-state index in [1.54, 1.807) is 22.9 Å². The predicted octanol–water partition coefficient (Wildman–Crippen LogP) is 3.60. The van der Waals surface area contributed by atoms with Crippen LogP contribution in [0.15, 0.2) is 42.5 Å². The second-order valence-corrected chi connectivity index (χ2v) is 6.06. The van der Waals surface area contributed by atoms with Crippen molar-refractivity contribution in [3.63, 3.8) is 0 Å². The Labute approximate surface area is 152 Å². The Kier molecular flexibility index (Phi) is 3.88. The number of fused-ring (bicyclic) bond motifs is 1. The molecule has 4 aromatic rings. The molecule has 134 valence electrons. The number of aryl methyl sites for hydroxylation is 1. The molecule has 4 rings (SSSR count). The number of nitrogens with one attached hydrogen (secondary N) is 1. The van der Waals surface area contributed by atoms with Crippen LogP contribution in [-0.2, 0) is 12.5 Å². The van der Waals surface area contributed by atoms with Gasteiger partial charge in [0, 0.05) is 10.9 Å². The van der Waals surface area contributed by atoms with Gasteiger partial charge in [-0.15, -0.1) is 10.2 Å². The maximum absolute atomic E-state index is 14.7. The lowest BCUT2D eigenvalue weighted by Gasteiger charge is -2.13. The van der Waals surface area contributed by atoms with E-state index in [0.717, 1.165) is 16.6 Å². The summed E-state index contributed by atoms with van der Waals surface area (Å²) in [6.45, 7) is 9.24. The highest BCUT2D eigenvalue weighted by Gasteiger charge is 2.39. The molecule has 0 amide bonds. The van der Waals surface area contributed by atoms with E-state index in [2.05, 4.69) is 30.6 Å². The van der Waals surface area contributed by atoms with Crippen molar-refractivity contribution in [3.05, 3.63) is 76.5 Å². The summed E-state index contributed by atoms with van der Waals surface area (Å²) in [5, 5.41) is 17.4. The first-order chi connectivity index (χ1) is 13.0. The highest BCUT2D eigenvalue weighted by molar-refractivity contribution is 5.82. The largest absolute Gasteiger partial charge is 0.335 e. The fraction of sp³-hybridized carbons (Fsp3) is 0.167. The number of nitrogens with zero attached hydrogens (tertiary/aromatic N) is 6. The van der Waals surface area contributed by atoms with Gasteiger partial charge in [0.15, 0.2) is 5.69 Å². The van der Waals surface area contributed by atoms with Crippen LogP contribution in [0, 0.1) is 13.5 Å². The number of benzene rings is 2. The fourth-order valence-electron chi connectivity index (χ4n) is 2.93. The average Bonchev–Trinajstić information content (AvgIpc) is 3.32. The lowest BCUT2D eigenvalue weighted by Crippen LogP contribution is -2.17. The molecule has 0 aliphatic rings. The molecule has 0 aliphatic carbocycles. The molecule has 0 atom stereocenters. The van der Waals surface area contributed by atoms with Gasteiger partial charge in [-0.05, 0) is 23.8 Å². The Morgan fingerprint density at radius 2 is 1.96 bits per heavy atom. The molecule has 0 saturated carbocycles. The van der Waals surface area contributed by atoms with Gasteiger partial charge in [-0.2, -0.15) is 19.1 Å². The standard InChI is InChI=1S/C18H13F2N7/c1-11-15-8-5-13(18(19,20)17-22-25-26-23-17)9-16(15)27(24-11)10-12-3-6-14(21-2)7-4-12/h3-9H,10H2,1H3,(H,22,23,25,26). The zero-order chi connectivity index (χ0) is 19.0. The summed E-state index contributed by atoms with van der Waals surface area (Å²) >= 11 is 0. The third-order valence-electron chi connectivity index (χ3n) is 4.32. The van der Waals surface area contributed by atoms with Gasteiger partial charge in [0.05, 0.1) is 24.3 Å². The van der Waals surface area contributed by atoms with Crippen LogP contribution >= 0.6 is 0 Å². The molecule has 9 heteroatoms. The van der Waals surface area contributed by atoms with Gasteiger partial charge in [0.1, 0.15) is 0 Å². The first-order valence-corrected chi connectivity index (χ1v) is 8.05. The van der Waals surface area contributed by atoms with Gasteiger partial charge in [0.2, 0.25) is 5.82 Å². The second kappa shape index (κ2) is 6.25. The van der Waals surface area contributed by atoms with Gasteiger partial charge in [0.25, 0.3) is 0 Å². The normalized spacial score (nSPS) is 11.6. The SMILES string of the molecule is [C-]#[N+]c1ccc(Cn2nc(C)c3ccc(C(F)(F)c4nn[nH]n4)cc32)cc1. The van der Waals surface area contributed by atoms with Crippen molar-refractivity contribution in [2.45, 2.75) is 19.4 Å². The molecule has 0 radical (unpaired) electrons. The van der Waals surface area contributed by atoms with Gasteiger partial charge < -0.3 is 0 Å². The Bertz CT molecular complexity index is 1140. The Morgan fingerprint density at radius 1 is 1.19 bits per heavy atom.